The third kappa shape index (κ3) is 5.14. The number of rotatable bonds is 8. The van der Waals surface area contributed by atoms with E-state index in [0.717, 1.165) is 25.0 Å². The first-order chi connectivity index (χ1) is 15.2. The first-order valence-electron chi connectivity index (χ1n) is 10.6. The Kier molecular flexibility index (Phi) is 6.99. The quantitative estimate of drug-likeness (QED) is 0.430. The maximum Gasteiger partial charge on any atom is 0.262 e. The van der Waals surface area contributed by atoms with Gasteiger partial charge in [-0.3, -0.25) is 19.1 Å². The standard InChI is InChI=1S/C23H26N4O3S/c1-2-20(21(28)25-14-16-7-5-11-24-13-16)31-23-26-19-10-4-3-9-18(19)22(29)27(23)15-17-8-6-12-30-17/h3-5,7,9-11,13,17,20H,2,6,8,12,14-15H2,1H3,(H,25,28)/t17-,20-/m1/s1. The fourth-order valence-electron chi connectivity index (χ4n) is 3.65. The lowest BCUT2D eigenvalue weighted by molar-refractivity contribution is -0.120. The van der Waals surface area contributed by atoms with Gasteiger partial charge in [-0.05, 0) is 43.0 Å². The fourth-order valence-corrected chi connectivity index (χ4v) is 4.69. The second-order valence-electron chi connectivity index (χ2n) is 7.56. The largest absolute Gasteiger partial charge is 0.376 e. The molecular formula is C23H26N4O3S. The highest BCUT2D eigenvalue weighted by molar-refractivity contribution is 8.00. The minimum absolute atomic E-state index is 0.000467. The SMILES string of the molecule is CC[C@@H](Sc1nc2ccccc2c(=O)n1C[C@H]1CCCO1)C(=O)NCc1cccnc1. The molecule has 0 saturated carbocycles. The van der Waals surface area contributed by atoms with Gasteiger partial charge in [0.15, 0.2) is 5.16 Å². The molecule has 0 bridgehead atoms. The molecule has 1 aliphatic heterocycles. The molecular weight excluding hydrogens is 412 g/mol. The molecule has 0 radical (unpaired) electrons. The van der Waals surface area contributed by atoms with E-state index in [1.807, 2.05) is 37.3 Å². The molecule has 1 aromatic carbocycles. The first kappa shape index (κ1) is 21.5. The number of para-hydroxylation sites is 1. The topological polar surface area (TPSA) is 86.1 Å². The van der Waals surface area contributed by atoms with Gasteiger partial charge in [0.1, 0.15) is 0 Å². The summed E-state index contributed by atoms with van der Waals surface area (Å²) in [5, 5.41) is 3.75. The van der Waals surface area contributed by atoms with Crippen LogP contribution in [0, 0.1) is 0 Å². The Bertz CT molecular complexity index is 1100. The second-order valence-corrected chi connectivity index (χ2v) is 8.73. The number of hydrogen-bond acceptors (Lipinski definition) is 6. The molecule has 3 aromatic rings. The van der Waals surface area contributed by atoms with E-state index >= 15 is 0 Å². The minimum atomic E-state index is -0.361. The maximum atomic E-state index is 13.2. The van der Waals surface area contributed by atoms with Crippen molar-refractivity contribution in [2.24, 2.45) is 0 Å². The smallest absolute Gasteiger partial charge is 0.262 e. The van der Waals surface area contributed by atoms with Crippen LogP contribution in [0.2, 0.25) is 0 Å². The number of fused-ring (bicyclic) bond motifs is 1. The summed E-state index contributed by atoms with van der Waals surface area (Å²) in [5.74, 6) is -0.0811. The number of ether oxygens (including phenoxy) is 1. The van der Waals surface area contributed by atoms with Gasteiger partial charge < -0.3 is 10.1 Å². The van der Waals surface area contributed by atoms with Gasteiger partial charge in [-0.1, -0.05) is 36.9 Å². The molecule has 1 amide bonds. The average Bonchev–Trinajstić information content (AvgIpc) is 3.32. The number of nitrogens with one attached hydrogen (secondary N) is 1. The molecule has 2 aromatic heterocycles. The number of nitrogens with zero attached hydrogens (tertiary/aromatic N) is 3. The van der Waals surface area contributed by atoms with Gasteiger partial charge in [-0.15, -0.1) is 0 Å². The maximum absolute atomic E-state index is 13.2. The van der Waals surface area contributed by atoms with Crippen LogP contribution in [0.25, 0.3) is 10.9 Å². The Morgan fingerprint density at radius 3 is 2.94 bits per heavy atom. The van der Waals surface area contributed by atoms with Crippen LogP contribution in [0.1, 0.15) is 31.7 Å². The molecule has 31 heavy (non-hydrogen) atoms. The third-order valence-corrected chi connectivity index (χ3v) is 6.69. The van der Waals surface area contributed by atoms with E-state index in [0.29, 0.717) is 35.6 Å². The number of pyridine rings is 1. The summed E-state index contributed by atoms with van der Waals surface area (Å²) in [6, 6.07) is 11.1. The molecule has 4 rings (SSSR count). The number of thioether (sulfide) groups is 1. The normalized spacial score (nSPS) is 17.0. The number of aromatic nitrogens is 3. The Morgan fingerprint density at radius 2 is 2.19 bits per heavy atom. The lowest BCUT2D eigenvalue weighted by Gasteiger charge is -2.19. The first-order valence-corrected chi connectivity index (χ1v) is 11.5. The average molecular weight is 439 g/mol. The third-order valence-electron chi connectivity index (χ3n) is 5.34. The highest BCUT2D eigenvalue weighted by Gasteiger charge is 2.24. The highest BCUT2D eigenvalue weighted by atomic mass is 32.2. The zero-order chi connectivity index (χ0) is 21.6. The second kappa shape index (κ2) is 10.1. The van der Waals surface area contributed by atoms with Crippen LogP contribution in [-0.4, -0.2) is 38.4 Å². The van der Waals surface area contributed by atoms with Gasteiger partial charge in [0, 0.05) is 25.5 Å². The molecule has 0 aliphatic carbocycles. The van der Waals surface area contributed by atoms with Crippen LogP contribution >= 0.6 is 11.8 Å². The van der Waals surface area contributed by atoms with Gasteiger partial charge in [-0.25, -0.2) is 4.98 Å². The van der Waals surface area contributed by atoms with E-state index in [1.54, 1.807) is 23.0 Å². The van der Waals surface area contributed by atoms with Crippen molar-refractivity contribution >= 4 is 28.6 Å². The van der Waals surface area contributed by atoms with Crippen molar-refractivity contribution in [3.05, 3.63) is 64.7 Å². The summed E-state index contributed by atoms with van der Waals surface area (Å²) < 4.78 is 7.44. The van der Waals surface area contributed by atoms with Gasteiger partial charge in [0.05, 0.1) is 28.8 Å². The predicted octanol–water partition coefficient (Wildman–Crippen LogP) is 3.16. The number of hydrogen-bond donors (Lipinski definition) is 1. The van der Waals surface area contributed by atoms with Crippen LogP contribution < -0.4 is 10.9 Å². The van der Waals surface area contributed by atoms with Crippen LogP contribution in [0.15, 0.2) is 58.7 Å². The molecule has 1 N–H and O–H groups in total. The molecule has 162 valence electrons. The summed E-state index contributed by atoms with van der Waals surface area (Å²) in [7, 11) is 0. The van der Waals surface area contributed by atoms with Crippen molar-refractivity contribution in [2.45, 2.75) is 55.8 Å². The van der Waals surface area contributed by atoms with E-state index in [-0.39, 0.29) is 22.8 Å². The Balaban J connectivity index is 1.58. The lowest BCUT2D eigenvalue weighted by Crippen LogP contribution is -2.34. The monoisotopic (exact) mass is 438 g/mol. The fraction of sp³-hybridized carbons (Fsp3) is 0.391. The Morgan fingerprint density at radius 1 is 1.32 bits per heavy atom. The lowest BCUT2D eigenvalue weighted by atomic mass is 10.2. The summed E-state index contributed by atoms with van der Waals surface area (Å²) >= 11 is 1.34. The predicted molar refractivity (Wildman–Crippen MR) is 121 cm³/mol. The number of carbonyl (C=O) groups excluding carboxylic acids is 1. The van der Waals surface area contributed by atoms with Crippen LogP contribution in [0.4, 0.5) is 0 Å². The van der Waals surface area contributed by atoms with Crippen molar-refractivity contribution in [3.8, 4) is 0 Å². The van der Waals surface area contributed by atoms with Gasteiger partial charge in [0.25, 0.3) is 5.56 Å². The van der Waals surface area contributed by atoms with Crippen molar-refractivity contribution < 1.29 is 9.53 Å². The minimum Gasteiger partial charge on any atom is -0.376 e. The van der Waals surface area contributed by atoms with E-state index in [9.17, 15) is 9.59 Å². The molecule has 3 heterocycles. The van der Waals surface area contributed by atoms with E-state index in [2.05, 4.69) is 10.3 Å². The molecule has 1 saturated heterocycles. The van der Waals surface area contributed by atoms with E-state index in [4.69, 9.17) is 9.72 Å². The van der Waals surface area contributed by atoms with Gasteiger partial charge in [-0.2, -0.15) is 0 Å². The van der Waals surface area contributed by atoms with Crippen molar-refractivity contribution in [3.63, 3.8) is 0 Å². The number of benzene rings is 1. The van der Waals surface area contributed by atoms with Crippen molar-refractivity contribution in [1.82, 2.24) is 19.9 Å². The summed E-state index contributed by atoms with van der Waals surface area (Å²) in [6.07, 6.45) is 5.97. The van der Waals surface area contributed by atoms with E-state index in [1.165, 1.54) is 11.8 Å². The van der Waals surface area contributed by atoms with E-state index < -0.39 is 0 Å². The van der Waals surface area contributed by atoms with Gasteiger partial charge >= 0.3 is 0 Å². The van der Waals surface area contributed by atoms with Crippen LogP contribution in [-0.2, 0) is 22.6 Å². The summed E-state index contributed by atoms with van der Waals surface area (Å²) in [5.41, 5.74) is 1.49. The molecule has 7 nitrogen and oxygen atoms in total. The Labute approximate surface area is 185 Å². The molecule has 0 spiro atoms. The van der Waals surface area contributed by atoms with Crippen molar-refractivity contribution in [2.75, 3.05) is 6.61 Å². The van der Waals surface area contributed by atoms with Gasteiger partial charge in [0.2, 0.25) is 5.91 Å². The molecule has 2 atom stereocenters. The summed E-state index contributed by atoms with van der Waals surface area (Å²) in [4.78, 5) is 34.9. The van der Waals surface area contributed by atoms with Crippen molar-refractivity contribution in [1.29, 1.82) is 0 Å². The molecule has 1 aliphatic rings. The summed E-state index contributed by atoms with van der Waals surface area (Å²) in [6.45, 7) is 3.55. The molecule has 8 heteroatoms. The number of carbonyl (C=O) groups is 1. The number of amides is 1. The molecule has 1 fully saturated rings. The van der Waals surface area contributed by atoms with Crippen LogP contribution in [0.5, 0.6) is 0 Å². The Hall–Kier alpha value is -2.71. The zero-order valence-electron chi connectivity index (χ0n) is 17.5. The highest BCUT2D eigenvalue weighted by Crippen LogP contribution is 2.26. The van der Waals surface area contributed by atoms with Crippen LogP contribution in [0.3, 0.4) is 0 Å². The molecule has 0 unspecified atom stereocenters. The zero-order valence-corrected chi connectivity index (χ0v) is 18.3.